The van der Waals surface area contributed by atoms with Gasteiger partial charge < -0.3 is 25.2 Å². The largest absolute Gasteiger partial charge is 0.465 e. The first-order valence-corrected chi connectivity index (χ1v) is 5.01. The Morgan fingerprint density at radius 1 is 1.67 bits per heavy atom. The minimum atomic E-state index is -1.54. The molecule has 1 heterocycles. The Morgan fingerprint density at radius 3 is 2.72 bits per heavy atom. The van der Waals surface area contributed by atoms with Gasteiger partial charge >= 0.3 is 11.8 Å². The standard InChI is InChI=1S/C9H12N4O5/c1-3-18-9(15)5(7(10)14)6-8(13(16)17)11-4-12(6)2/h4-5H,3H2,1-2H3,(H2,10,14). The van der Waals surface area contributed by atoms with E-state index in [1.807, 2.05) is 0 Å². The number of nitrogens with zero attached hydrogens (tertiary/aromatic N) is 3. The lowest BCUT2D eigenvalue weighted by atomic mass is 10.0. The van der Waals surface area contributed by atoms with Gasteiger partial charge in [-0.15, -0.1) is 0 Å². The third-order valence-electron chi connectivity index (χ3n) is 2.22. The van der Waals surface area contributed by atoms with Crippen molar-refractivity contribution >= 4 is 17.7 Å². The molecule has 2 N–H and O–H groups in total. The molecule has 0 saturated carbocycles. The second-order valence-electron chi connectivity index (χ2n) is 3.41. The first-order chi connectivity index (χ1) is 8.40. The van der Waals surface area contributed by atoms with Crippen molar-refractivity contribution in [1.29, 1.82) is 0 Å². The Bertz CT molecular complexity index is 495. The van der Waals surface area contributed by atoms with Gasteiger partial charge in [0.2, 0.25) is 12.2 Å². The lowest BCUT2D eigenvalue weighted by molar-refractivity contribution is -0.390. The van der Waals surface area contributed by atoms with Gasteiger partial charge in [0.1, 0.15) is 5.69 Å². The van der Waals surface area contributed by atoms with E-state index in [2.05, 4.69) is 9.72 Å². The highest BCUT2D eigenvalue weighted by atomic mass is 16.6. The van der Waals surface area contributed by atoms with Crippen LogP contribution in [0.4, 0.5) is 5.82 Å². The highest BCUT2D eigenvalue weighted by Gasteiger charge is 2.37. The van der Waals surface area contributed by atoms with E-state index >= 15 is 0 Å². The summed E-state index contributed by atoms with van der Waals surface area (Å²) in [7, 11) is 1.42. The topological polar surface area (TPSA) is 130 Å². The number of nitro groups is 1. The maximum absolute atomic E-state index is 11.6. The zero-order valence-corrected chi connectivity index (χ0v) is 9.82. The molecule has 0 saturated heterocycles. The van der Waals surface area contributed by atoms with Crippen LogP contribution < -0.4 is 5.73 Å². The number of hydrogen-bond donors (Lipinski definition) is 1. The molecule has 1 atom stereocenters. The van der Waals surface area contributed by atoms with Crippen LogP contribution in [0, 0.1) is 10.1 Å². The number of rotatable bonds is 5. The molecule has 18 heavy (non-hydrogen) atoms. The third-order valence-corrected chi connectivity index (χ3v) is 2.22. The van der Waals surface area contributed by atoms with E-state index in [-0.39, 0.29) is 12.3 Å². The highest BCUT2D eigenvalue weighted by Crippen LogP contribution is 2.25. The molecule has 0 aliphatic rings. The van der Waals surface area contributed by atoms with Crippen LogP contribution in [-0.2, 0) is 21.4 Å². The molecule has 1 amide bonds. The highest BCUT2D eigenvalue weighted by molar-refractivity contribution is 6.03. The number of esters is 1. The first-order valence-electron chi connectivity index (χ1n) is 5.01. The number of aryl methyl sites for hydroxylation is 1. The molecule has 0 aliphatic heterocycles. The van der Waals surface area contributed by atoms with E-state index < -0.39 is 28.5 Å². The summed E-state index contributed by atoms with van der Waals surface area (Å²) in [4.78, 5) is 36.4. The van der Waals surface area contributed by atoms with Gasteiger partial charge in [0.25, 0.3) is 0 Å². The van der Waals surface area contributed by atoms with Gasteiger partial charge in [-0.25, -0.2) is 0 Å². The number of aromatic nitrogens is 2. The second kappa shape index (κ2) is 5.25. The lowest BCUT2D eigenvalue weighted by Gasteiger charge is -2.11. The lowest BCUT2D eigenvalue weighted by Crippen LogP contribution is -2.31. The van der Waals surface area contributed by atoms with E-state index in [0.717, 1.165) is 6.33 Å². The maximum Gasteiger partial charge on any atom is 0.386 e. The van der Waals surface area contributed by atoms with Gasteiger partial charge in [0.05, 0.1) is 6.61 Å². The summed E-state index contributed by atoms with van der Waals surface area (Å²) in [6, 6.07) is 0. The van der Waals surface area contributed by atoms with Gasteiger partial charge in [-0.05, 0) is 16.8 Å². The molecule has 1 aromatic rings. The molecule has 1 unspecified atom stereocenters. The molecule has 0 radical (unpaired) electrons. The molecule has 0 aliphatic carbocycles. The molecule has 0 fully saturated rings. The van der Waals surface area contributed by atoms with Gasteiger partial charge in [-0.1, -0.05) is 0 Å². The van der Waals surface area contributed by atoms with Crippen LogP contribution in [0.2, 0.25) is 0 Å². The Balaban J connectivity index is 3.30. The minimum absolute atomic E-state index is 0.0360. The monoisotopic (exact) mass is 256 g/mol. The molecule has 9 nitrogen and oxygen atoms in total. The molecule has 0 bridgehead atoms. The number of hydrogen-bond acceptors (Lipinski definition) is 6. The Kier molecular flexibility index (Phi) is 3.97. The van der Waals surface area contributed by atoms with Crippen molar-refractivity contribution in [2.75, 3.05) is 6.61 Å². The molecular formula is C9H12N4O5. The van der Waals surface area contributed by atoms with Crippen molar-refractivity contribution in [2.45, 2.75) is 12.8 Å². The van der Waals surface area contributed by atoms with Crippen molar-refractivity contribution in [3.8, 4) is 0 Å². The molecule has 1 rings (SSSR count). The molecule has 0 spiro atoms. The van der Waals surface area contributed by atoms with Crippen molar-refractivity contribution < 1.29 is 19.2 Å². The van der Waals surface area contributed by atoms with Crippen molar-refractivity contribution in [2.24, 2.45) is 12.8 Å². The maximum atomic E-state index is 11.6. The summed E-state index contributed by atoms with van der Waals surface area (Å²) in [6.45, 7) is 1.59. The number of imidazole rings is 1. The minimum Gasteiger partial charge on any atom is -0.465 e. The van der Waals surface area contributed by atoms with E-state index in [4.69, 9.17) is 5.73 Å². The zero-order chi connectivity index (χ0) is 13.9. The fourth-order valence-electron chi connectivity index (χ4n) is 1.49. The number of carbonyl (C=O) groups excluding carboxylic acids is 2. The summed E-state index contributed by atoms with van der Waals surface area (Å²) in [5, 5.41) is 10.8. The van der Waals surface area contributed by atoms with Crippen LogP contribution in [0.15, 0.2) is 6.33 Å². The fourth-order valence-corrected chi connectivity index (χ4v) is 1.49. The second-order valence-corrected chi connectivity index (χ2v) is 3.41. The van der Waals surface area contributed by atoms with Gasteiger partial charge in [-0.3, -0.25) is 9.59 Å². The van der Waals surface area contributed by atoms with Crippen molar-refractivity contribution in [3.63, 3.8) is 0 Å². The van der Waals surface area contributed by atoms with Crippen LogP contribution in [0.5, 0.6) is 0 Å². The van der Waals surface area contributed by atoms with E-state index in [0.29, 0.717) is 0 Å². The average molecular weight is 256 g/mol. The average Bonchev–Trinajstić information content (AvgIpc) is 2.61. The normalized spacial score (nSPS) is 11.9. The molecular weight excluding hydrogens is 244 g/mol. The molecule has 1 aromatic heterocycles. The van der Waals surface area contributed by atoms with Gasteiger partial charge in [0.15, 0.2) is 5.92 Å². The summed E-state index contributed by atoms with van der Waals surface area (Å²) in [6.07, 6.45) is 1.13. The molecule has 0 aromatic carbocycles. The smallest absolute Gasteiger partial charge is 0.386 e. The Labute approximate surface area is 102 Å². The number of ether oxygens (including phenoxy) is 1. The molecule has 98 valence electrons. The number of nitrogens with two attached hydrogens (primary N) is 1. The summed E-state index contributed by atoms with van der Waals surface area (Å²) < 4.78 is 5.87. The Morgan fingerprint density at radius 2 is 2.28 bits per heavy atom. The first kappa shape index (κ1) is 13.6. The van der Waals surface area contributed by atoms with Crippen LogP contribution in [0.25, 0.3) is 0 Å². The van der Waals surface area contributed by atoms with E-state index in [9.17, 15) is 19.7 Å². The van der Waals surface area contributed by atoms with Crippen LogP contribution in [0.1, 0.15) is 18.5 Å². The van der Waals surface area contributed by atoms with Crippen LogP contribution >= 0.6 is 0 Å². The number of amides is 1. The quantitative estimate of drug-likeness (QED) is 0.326. The van der Waals surface area contributed by atoms with Crippen molar-refractivity contribution in [1.82, 2.24) is 9.55 Å². The Hall–Kier alpha value is -2.45. The van der Waals surface area contributed by atoms with Crippen LogP contribution in [-0.4, -0.2) is 33.0 Å². The van der Waals surface area contributed by atoms with Gasteiger partial charge in [-0.2, -0.15) is 0 Å². The predicted molar refractivity (Wildman–Crippen MR) is 58.4 cm³/mol. The molecule has 9 heteroatoms. The predicted octanol–water partition coefficient (Wildman–Crippen LogP) is -0.540. The third kappa shape index (κ3) is 2.44. The SMILES string of the molecule is CCOC(=O)C(C(N)=O)c1c([N+](=O)[O-])ncn1C. The fraction of sp³-hybridized carbons (Fsp3) is 0.444. The zero-order valence-electron chi connectivity index (χ0n) is 9.82. The number of carbonyl (C=O) groups is 2. The van der Waals surface area contributed by atoms with Crippen LogP contribution in [0.3, 0.4) is 0 Å². The van der Waals surface area contributed by atoms with E-state index in [1.54, 1.807) is 6.92 Å². The summed E-state index contributed by atoms with van der Waals surface area (Å²) in [5.41, 5.74) is 4.90. The number of primary amides is 1. The van der Waals surface area contributed by atoms with E-state index in [1.165, 1.54) is 11.6 Å². The van der Waals surface area contributed by atoms with Gasteiger partial charge in [0, 0.05) is 7.05 Å². The summed E-state index contributed by atoms with van der Waals surface area (Å²) >= 11 is 0. The summed E-state index contributed by atoms with van der Waals surface area (Å²) in [5.74, 6) is -4.09. The van der Waals surface area contributed by atoms with Crippen molar-refractivity contribution in [3.05, 3.63) is 22.1 Å².